The molecule has 0 bridgehead atoms. The molecule has 5 rings (SSSR count). The van der Waals surface area contributed by atoms with Gasteiger partial charge in [-0.05, 0) is 17.2 Å². The summed E-state index contributed by atoms with van der Waals surface area (Å²) in [4.78, 5) is 24.7. The van der Waals surface area contributed by atoms with Gasteiger partial charge >= 0.3 is 0 Å². The molecule has 3 heterocycles. The SMILES string of the molecule is O=c1cc(CNc2ncnc3scc(-c4ccccc4)c23)c2ccccc2[nH]1. The van der Waals surface area contributed by atoms with E-state index in [0.29, 0.717) is 6.54 Å². The molecule has 136 valence electrons. The first-order valence-corrected chi connectivity index (χ1v) is 9.80. The van der Waals surface area contributed by atoms with Crippen molar-refractivity contribution >= 4 is 38.3 Å². The van der Waals surface area contributed by atoms with Crippen LogP contribution < -0.4 is 10.9 Å². The number of rotatable bonds is 4. The van der Waals surface area contributed by atoms with Crippen LogP contribution in [0.1, 0.15) is 5.56 Å². The minimum atomic E-state index is -0.108. The maximum absolute atomic E-state index is 12.0. The Morgan fingerprint density at radius 1 is 1.00 bits per heavy atom. The van der Waals surface area contributed by atoms with Crippen LogP contribution in [0.4, 0.5) is 5.82 Å². The van der Waals surface area contributed by atoms with Gasteiger partial charge in [-0.15, -0.1) is 11.3 Å². The molecule has 0 fully saturated rings. The molecule has 28 heavy (non-hydrogen) atoms. The molecule has 0 saturated heterocycles. The van der Waals surface area contributed by atoms with Crippen LogP contribution in [-0.4, -0.2) is 15.0 Å². The molecule has 2 N–H and O–H groups in total. The van der Waals surface area contributed by atoms with E-state index in [0.717, 1.165) is 43.6 Å². The molecule has 2 aromatic carbocycles. The molecular formula is C22H16N4OS. The molecule has 5 aromatic rings. The molecule has 0 aliphatic heterocycles. The second-order valence-corrected chi connectivity index (χ2v) is 7.33. The zero-order chi connectivity index (χ0) is 18.9. The third kappa shape index (κ3) is 2.93. The third-order valence-corrected chi connectivity index (χ3v) is 5.62. The van der Waals surface area contributed by atoms with Crippen molar-refractivity contribution in [1.29, 1.82) is 0 Å². The second-order valence-electron chi connectivity index (χ2n) is 6.48. The lowest BCUT2D eigenvalue weighted by Gasteiger charge is -2.10. The van der Waals surface area contributed by atoms with Crippen LogP contribution in [0.5, 0.6) is 0 Å². The average Bonchev–Trinajstić information content (AvgIpc) is 3.17. The van der Waals surface area contributed by atoms with Gasteiger partial charge in [0.05, 0.1) is 5.39 Å². The van der Waals surface area contributed by atoms with Crippen molar-refractivity contribution in [2.75, 3.05) is 5.32 Å². The number of aromatic nitrogens is 3. The first-order valence-electron chi connectivity index (χ1n) is 8.92. The Hall–Kier alpha value is -3.51. The average molecular weight is 384 g/mol. The highest BCUT2D eigenvalue weighted by Crippen LogP contribution is 2.36. The van der Waals surface area contributed by atoms with Crippen molar-refractivity contribution in [2.45, 2.75) is 6.54 Å². The topological polar surface area (TPSA) is 70.7 Å². The van der Waals surface area contributed by atoms with Crippen LogP contribution in [0.3, 0.4) is 0 Å². The number of thiophene rings is 1. The fraction of sp³-hybridized carbons (Fsp3) is 0.0455. The van der Waals surface area contributed by atoms with Gasteiger partial charge in [-0.3, -0.25) is 4.79 Å². The van der Waals surface area contributed by atoms with Crippen LogP contribution in [-0.2, 0) is 6.54 Å². The van der Waals surface area contributed by atoms with Crippen LogP contribution in [0.15, 0.2) is 77.2 Å². The third-order valence-electron chi connectivity index (χ3n) is 4.74. The van der Waals surface area contributed by atoms with E-state index in [1.165, 1.54) is 0 Å². The first kappa shape index (κ1) is 16.6. The van der Waals surface area contributed by atoms with E-state index in [1.807, 2.05) is 42.5 Å². The van der Waals surface area contributed by atoms with Crippen LogP contribution in [0, 0.1) is 0 Å². The number of pyridine rings is 1. The Morgan fingerprint density at radius 2 is 1.82 bits per heavy atom. The number of nitrogens with zero attached hydrogens (tertiary/aromatic N) is 2. The zero-order valence-electron chi connectivity index (χ0n) is 14.8. The minimum Gasteiger partial charge on any atom is -0.365 e. The normalized spacial score (nSPS) is 11.1. The quantitative estimate of drug-likeness (QED) is 0.466. The summed E-state index contributed by atoms with van der Waals surface area (Å²) < 4.78 is 0. The standard InChI is InChI=1S/C22H16N4OS/c27-19-10-15(16-8-4-5-9-18(16)26-19)11-23-21-20-17(14-6-2-1-3-7-14)12-28-22(20)25-13-24-21/h1-10,12-13H,11H2,(H,26,27)(H,23,24,25). The van der Waals surface area contributed by atoms with Gasteiger partial charge in [-0.1, -0.05) is 48.5 Å². The van der Waals surface area contributed by atoms with Gasteiger partial charge < -0.3 is 10.3 Å². The maximum Gasteiger partial charge on any atom is 0.248 e. The highest BCUT2D eigenvalue weighted by Gasteiger charge is 2.13. The predicted octanol–water partition coefficient (Wildman–Crippen LogP) is 4.81. The molecule has 0 saturated carbocycles. The van der Waals surface area contributed by atoms with E-state index in [-0.39, 0.29) is 5.56 Å². The summed E-state index contributed by atoms with van der Waals surface area (Å²) in [6.07, 6.45) is 1.58. The molecule has 6 heteroatoms. The molecule has 0 aliphatic rings. The lowest BCUT2D eigenvalue weighted by molar-refractivity contribution is 1.10. The number of hydrogen-bond donors (Lipinski definition) is 2. The molecule has 3 aromatic heterocycles. The van der Waals surface area contributed by atoms with Gasteiger partial charge in [-0.2, -0.15) is 0 Å². The first-order chi connectivity index (χ1) is 13.8. The maximum atomic E-state index is 12.0. The Labute approximate surface area is 164 Å². The summed E-state index contributed by atoms with van der Waals surface area (Å²) in [6.45, 7) is 0.501. The molecule has 0 atom stereocenters. The van der Waals surface area contributed by atoms with Crippen molar-refractivity contribution < 1.29 is 0 Å². The molecular weight excluding hydrogens is 368 g/mol. The lowest BCUT2D eigenvalue weighted by atomic mass is 10.1. The largest absolute Gasteiger partial charge is 0.365 e. The van der Waals surface area contributed by atoms with E-state index >= 15 is 0 Å². The summed E-state index contributed by atoms with van der Waals surface area (Å²) in [5.74, 6) is 0.773. The predicted molar refractivity (Wildman–Crippen MR) is 115 cm³/mol. The van der Waals surface area contributed by atoms with E-state index in [2.05, 4.69) is 37.8 Å². The van der Waals surface area contributed by atoms with Gasteiger partial charge in [0.2, 0.25) is 5.56 Å². The monoisotopic (exact) mass is 384 g/mol. The Bertz CT molecular complexity index is 1340. The summed E-state index contributed by atoms with van der Waals surface area (Å²) in [5, 5.41) is 7.56. The van der Waals surface area contributed by atoms with Gasteiger partial charge in [0.25, 0.3) is 0 Å². The summed E-state index contributed by atoms with van der Waals surface area (Å²) in [5.41, 5.74) is 3.90. The van der Waals surface area contributed by atoms with E-state index < -0.39 is 0 Å². The van der Waals surface area contributed by atoms with E-state index in [9.17, 15) is 4.79 Å². The van der Waals surface area contributed by atoms with Gasteiger partial charge in [0.15, 0.2) is 0 Å². The highest BCUT2D eigenvalue weighted by atomic mass is 32.1. The summed E-state index contributed by atoms with van der Waals surface area (Å²) in [6, 6.07) is 19.7. The number of H-pyrrole nitrogens is 1. The summed E-state index contributed by atoms with van der Waals surface area (Å²) >= 11 is 1.60. The molecule has 0 aliphatic carbocycles. The lowest BCUT2D eigenvalue weighted by Crippen LogP contribution is -2.10. The number of fused-ring (bicyclic) bond motifs is 2. The zero-order valence-corrected chi connectivity index (χ0v) is 15.7. The van der Waals surface area contributed by atoms with Crippen molar-refractivity contribution in [3.8, 4) is 11.1 Å². The summed E-state index contributed by atoms with van der Waals surface area (Å²) in [7, 11) is 0. The Balaban J connectivity index is 1.57. The van der Waals surface area contributed by atoms with Gasteiger partial charge in [0, 0.05) is 34.5 Å². The van der Waals surface area contributed by atoms with Gasteiger partial charge in [-0.25, -0.2) is 9.97 Å². The Kier molecular flexibility index (Phi) is 4.10. The van der Waals surface area contributed by atoms with Crippen molar-refractivity contribution in [2.24, 2.45) is 0 Å². The van der Waals surface area contributed by atoms with Crippen molar-refractivity contribution in [1.82, 2.24) is 15.0 Å². The number of benzene rings is 2. The Morgan fingerprint density at radius 3 is 2.71 bits per heavy atom. The van der Waals surface area contributed by atoms with Gasteiger partial charge in [0.1, 0.15) is 17.0 Å². The van der Waals surface area contributed by atoms with E-state index in [1.54, 1.807) is 23.7 Å². The van der Waals surface area contributed by atoms with Crippen LogP contribution >= 0.6 is 11.3 Å². The number of para-hydroxylation sites is 1. The van der Waals surface area contributed by atoms with Crippen LogP contribution in [0.25, 0.3) is 32.2 Å². The number of nitrogens with one attached hydrogen (secondary N) is 2. The molecule has 0 radical (unpaired) electrons. The van der Waals surface area contributed by atoms with Crippen LogP contribution in [0.2, 0.25) is 0 Å². The van der Waals surface area contributed by atoms with Crippen molar-refractivity contribution in [3.05, 3.63) is 88.3 Å². The fourth-order valence-electron chi connectivity index (χ4n) is 3.44. The number of hydrogen-bond acceptors (Lipinski definition) is 5. The molecule has 0 unspecified atom stereocenters. The molecule has 0 spiro atoms. The molecule has 0 amide bonds. The second kappa shape index (κ2) is 6.90. The van der Waals surface area contributed by atoms with E-state index in [4.69, 9.17) is 0 Å². The van der Waals surface area contributed by atoms with Crippen molar-refractivity contribution in [3.63, 3.8) is 0 Å². The number of aromatic amines is 1. The number of anilines is 1. The highest BCUT2D eigenvalue weighted by molar-refractivity contribution is 7.17. The minimum absolute atomic E-state index is 0.108. The fourth-order valence-corrected chi connectivity index (χ4v) is 4.36. The molecule has 5 nitrogen and oxygen atoms in total. The smallest absolute Gasteiger partial charge is 0.248 e.